The first-order chi connectivity index (χ1) is 14.8. The van der Waals surface area contributed by atoms with E-state index in [2.05, 4.69) is 50.1 Å². The van der Waals surface area contributed by atoms with Gasteiger partial charge in [0.15, 0.2) is 5.82 Å². The minimum atomic E-state index is 0.444. The molecule has 2 N–H and O–H groups in total. The number of hydrogen-bond donors (Lipinski definition) is 2. The molecule has 0 unspecified atom stereocenters. The molecule has 6 heteroatoms. The molecule has 0 aliphatic carbocycles. The molecule has 1 aromatic heterocycles. The maximum absolute atomic E-state index is 5.81. The van der Waals surface area contributed by atoms with E-state index in [0.717, 1.165) is 36.6 Å². The van der Waals surface area contributed by atoms with Crippen molar-refractivity contribution in [2.45, 2.75) is 12.8 Å². The van der Waals surface area contributed by atoms with E-state index in [4.69, 9.17) is 4.74 Å². The number of nitrogens with zero attached hydrogens (tertiary/aromatic N) is 3. The van der Waals surface area contributed by atoms with Crippen molar-refractivity contribution in [3.8, 4) is 11.5 Å². The molecule has 0 saturated heterocycles. The standard InChI is InChI=1S/C24H23N5O/c1-3-8-19(9-4-1)10-7-17-25-23-18-26-29-24(28-23)27-20-13-15-22(16-14-20)30-21-11-5-2-6-12-21/h1-6,8-9,11-16,18H,7,10,17H2,(H2,25,27,28,29). The van der Waals surface area contributed by atoms with Gasteiger partial charge in [0, 0.05) is 12.2 Å². The molecule has 0 atom stereocenters. The third kappa shape index (κ3) is 5.78. The predicted octanol–water partition coefficient (Wildman–Crippen LogP) is 5.45. The van der Waals surface area contributed by atoms with E-state index >= 15 is 0 Å². The second kappa shape index (κ2) is 10.0. The van der Waals surface area contributed by atoms with Crippen LogP contribution in [-0.2, 0) is 6.42 Å². The zero-order valence-electron chi connectivity index (χ0n) is 16.5. The first kappa shape index (κ1) is 19.4. The minimum Gasteiger partial charge on any atom is -0.457 e. The number of aryl methyl sites for hydroxylation is 1. The van der Waals surface area contributed by atoms with Crippen molar-refractivity contribution in [2.24, 2.45) is 0 Å². The van der Waals surface area contributed by atoms with Crippen molar-refractivity contribution in [1.82, 2.24) is 15.2 Å². The quantitative estimate of drug-likeness (QED) is 0.366. The van der Waals surface area contributed by atoms with Gasteiger partial charge in [-0.05, 0) is 54.8 Å². The lowest BCUT2D eigenvalue weighted by Crippen LogP contribution is -2.07. The molecule has 1 heterocycles. The highest BCUT2D eigenvalue weighted by Gasteiger charge is 2.03. The van der Waals surface area contributed by atoms with Crippen molar-refractivity contribution in [1.29, 1.82) is 0 Å². The third-order valence-corrected chi connectivity index (χ3v) is 4.44. The van der Waals surface area contributed by atoms with Crippen LogP contribution >= 0.6 is 0 Å². The Hall–Kier alpha value is -3.93. The summed E-state index contributed by atoms with van der Waals surface area (Å²) in [6.45, 7) is 0.818. The van der Waals surface area contributed by atoms with E-state index in [9.17, 15) is 0 Å². The van der Waals surface area contributed by atoms with Crippen molar-refractivity contribution in [2.75, 3.05) is 17.2 Å². The van der Waals surface area contributed by atoms with Gasteiger partial charge in [-0.1, -0.05) is 48.5 Å². The maximum Gasteiger partial charge on any atom is 0.249 e. The minimum absolute atomic E-state index is 0.444. The Kier molecular flexibility index (Phi) is 6.48. The largest absolute Gasteiger partial charge is 0.457 e. The summed E-state index contributed by atoms with van der Waals surface area (Å²) in [6.07, 6.45) is 3.67. The molecule has 6 nitrogen and oxygen atoms in total. The molecule has 0 radical (unpaired) electrons. The Morgan fingerprint density at radius 1 is 0.767 bits per heavy atom. The fraction of sp³-hybridized carbons (Fsp3) is 0.125. The molecule has 3 aromatic carbocycles. The Balaban J connectivity index is 1.28. The van der Waals surface area contributed by atoms with E-state index in [1.165, 1.54) is 5.56 Å². The summed E-state index contributed by atoms with van der Waals surface area (Å²) < 4.78 is 5.81. The Morgan fingerprint density at radius 2 is 1.47 bits per heavy atom. The highest BCUT2D eigenvalue weighted by molar-refractivity contribution is 5.55. The second-order valence-electron chi connectivity index (χ2n) is 6.75. The van der Waals surface area contributed by atoms with Crippen molar-refractivity contribution >= 4 is 17.5 Å². The van der Waals surface area contributed by atoms with Crippen molar-refractivity contribution in [3.05, 3.63) is 96.7 Å². The smallest absolute Gasteiger partial charge is 0.249 e. The number of benzene rings is 3. The van der Waals surface area contributed by atoms with Gasteiger partial charge < -0.3 is 15.4 Å². The average molecular weight is 397 g/mol. The average Bonchev–Trinajstić information content (AvgIpc) is 2.80. The molecule has 0 spiro atoms. The number of nitrogens with one attached hydrogen (secondary N) is 2. The van der Waals surface area contributed by atoms with Crippen molar-refractivity contribution < 1.29 is 4.74 Å². The zero-order valence-corrected chi connectivity index (χ0v) is 16.5. The summed E-state index contributed by atoms with van der Waals surface area (Å²) in [5.41, 5.74) is 2.19. The second-order valence-corrected chi connectivity index (χ2v) is 6.75. The number of aromatic nitrogens is 3. The first-order valence-corrected chi connectivity index (χ1v) is 9.93. The van der Waals surface area contributed by atoms with Crippen LogP contribution in [0.3, 0.4) is 0 Å². The summed E-state index contributed by atoms with van der Waals surface area (Å²) in [4.78, 5) is 4.48. The summed E-state index contributed by atoms with van der Waals surface area (Å²) in [5.74, 6) is 2.71. The van der Waals surface area contributed by atoms with Gasteiger partial charge >= 0.3 is 0 Å². The van der Waals surface area contributed by atoms with Crippen molar-refractivity contribution in [3.63, 3.8) is 0 Å². The molecule has 150 valence electrons. The number of para-hydroxylation sites is 1. The van der Waals surface area contributed by atoms with Crippen LogP contribution in [0, 0.1) is 0 Å². The fourth-order valence-electron chi connectivity index (χ4n) is 2.96. The van der Waals surface area contributed by atoms with Gasteiger partial charge in [0.25, 0.3) is 0 Å². The van der Waals surface area contributed by atoms with Gasteiger partial charge in [-0.15, -0.1) is 5.10 Å². The Labute approximate surface area is 176 Å². The van der Waals surface area contributed by atoms with Gasteiger partial charge in [-0.25, -0.2) is 0 Å². The van der Waals surface area contributed by atoms with Crippen LogP contribution < -0.4 is 15.4 Å². The molecule has 0 bridgehead atoms. The summed E-state index contributed by atoms with van der Waals surface area (Å²) >= 11 is 0. The molecule has 4 rings (SSSR count). The lowest BCUT2D eigenvalue weighted by atomic mass is 10.1. The molecule has 4 aromatic rings. The lowest BCUT2D eigenvalue weighted by molar-refractivity contribution is 0.483. The number of ether oxygens (including phenoxy) is 1. The highest BCUT2D eigenvalue weighted by Crippen LogP contribution is 2.23. The van der Waals surface area contributed by atoms with Gasteiger partial charge in [0.2, 0.25) is 5.95 Å². The lowest BCUT2D eigenvalue weighted by Gasteiger charge is -2.09. The Bertz CT molecular complexity index is 1040. The topological polar surface area (TPSA) is 72.0 Å². The van der Waals surface area contributed by atoms with Crippen LogP contribution in [0.2, 0.25) is 0 Å². The first-order valence-electron chi connectivity index (χ1n) is 9.93. The van der Waals surface area contributed by atoms with Gasteiger partial charge in [0.1, 0.15) is 11.5 Å². The summed E-state index contributed by atoms with van der Waals surface area (Å²) in [5, 5.41) is 14.6. The van der Waals surface area contributed by atoms with Crippen LogP contribution in [0.25, 0.3) is 0 Å². The van der Waals surface area contributed by atoms with Crippen LogP contribution in [0.15, 0.2) is 91.1 Å². The van der Waals surface area contributed by atoms with E-state index < -0.39 is 0 Å². The summed E-state index contributed by atoms with van der Waals surface area (Å²) in [6, 6.07) is 27.8. The number of rotatable bonds is 9. The molecule has 0 aliphatic heterocycles. The predicted molar refractivity (Wildman–Crippen MR) is 119 cm³/mol. The molecule has 0 aliphatic rings. The van der Waals surface area contributed by atoms with E-state index in [1.807, 2.05) is 60.7 Å². The van der Waals surface area contributed by atoms with Crippen LogP contribution in [-0.4, -0.2) is 21.7 Å². The van der Waals surface area contributed by atoms with Crippen LogP contribution in [0.4, 0.5) is 17.5 Å². The van der Waals surface area contributed by atoms with E-state index in [1.54, 1.807) is 6.20 Å². The molecular formula is C24H23N5O. The zero-order chi connectivity index (χ0) is 20.4. The van der Waals surface area contributed by atoms with E-state index in [0.29, 0.717) is 11.8 Å². The SMILES string of the molecule is c1ccc(CCCNc2cnnc(Nc3ccc(Oc4ccccc4)cc3)n2)cc1. The fourth-order valence-corrected chi connectivity index (χ4v) is 2.96. The molecule has 30 heavy (non-hydrogen) atoms. The number of anilines is 3. The molecule has 0 fully saturated rings. The van der Waals surface area contributed by atoms with Gasteiger partial charge in [-0.3, -0.25) is 0 Å². The third-order valence-electron chi connectivity index (χ3n) is 4.44. The molecule has 0 amide bonds. The number of hydrogen-bond acceptors (Lipinski definition) is 6. The van der Waals surface area contributed by atoms with E-state index in [-0.39, 0.29) is 0 Å². The highest BCUT2D eigenvalue weighted by atomic mass is 16.5. The monoisotopic (exact) mass is 397 g/mol. The normalized spacial score (nSPS) is 10.4. The maximum atomic E-state index is 5.81. The molecule has 0 saturated carbocycles. The van der Waals surface area contributed by atoms with Crippen LogP contribution in [0.5, 0.6) is 11.5 Å². The van der Waals surface area contributed by atoms with Gasteiger partial charge in [-0.2, -0.15) is 10.1 Å². The van der Waals surface area contributed by atoms with Crippen LogP contribution in [0.1, 0.15) is 12.0 Å². The molecular weight excluding hydrogens is 374 g/mol. The Morgan fingerprint density at radius 3 is 2.23 bits per heavy atom. The summed E-state index contributed by atoms with van der Waals surface area (Å²) in [7, 11) is 0. The van der Waals surface area contributed by atoms with Gasteiger partial charge in [0.05, 0.1) is 6.20 Å².